The maximum absolute atomic E-state index is 11.9. The van der Waals surface area contributed by atoms with Gasteiger partial charge in [-0.15, -0.1) is 0 Å². The summed E-state index contributed by atoms with van der Waals surface area (Å²) in [6.45, 7) is 14.6. The summed E-state index contributed by atoms with van der Waals surface area (Å²) in [6, 6.07) is -1.59. The second-order valence-electron chi connectivity index (χ2n) is 16.6. The fourth-order valence-corrected chi connectivity index (χ4v) is 10.7. The van der Waals surface area contributed by atoms with E-state index in [1.807, 2.05) is 20.8 Å². The predicted octanol–water partition coefficient (Wildman–Crippen LogP) is 3.40. The molecule has 0 aromatic rings. The smallest absolute Gasteiger partial charge is 0.305 e. The van der Waals surface area contributed by atoms with Crippen LogP contribution in [0.2, 0.25) is 0 Å². The van der Waals surface area contributed by atoms with E-state index in [9.17, 15) is 19.5 Å². The average molecular weight is 764 g/mol. The molecule has 3 unspecified atom stereocenters. The van der Waals surface area contributed by atoms with Crippen LogP contribution in [0, 0.1) is 46.3 Å². The number of primary amides is 1. The molecule has 14 heteroatoms. The van der Waals surface area contributed by atoms with Gasteiger partial charge in [0.25, 0.3) is 0 Å². The molecular weight excluding hydrogens is 686 g/mol. The number of aliphatic hydroxyl groups is 1. The van der Waals surface area contributed by atoms with Crippen LogP contribution in [0.5, 0.6) is 0 Å². The summed E-state index contributed by atoms with van der Waals surface area (Å²) in [5.41, 5.74) is 32.6. The zero-order valence-electron chi connectivity index (χ0n) is 34.4. The van der Waals surface area contributed by atoms with E-state index in [0.29, 0.717) is 86.3 Å². The number of ether oxygens (including phenoxy) is 1. The number of carbonyl (C=O) groups excluding carboxylic acids is 3. The highest BCUT2D eigenvalue weighted by Gasteiger charge is 2.62. The van der Waals surface area contributed by atoms with E-state index in [1.165, 1.54) is 51.4 Å². The number of nitrogens with two attached hydrogens (primary N) is 6. The first kappa shape index (κ1) is 47.0. The summed E-state index contributed by atoms with van der Waals surface area (Å²) in [4.78, 5) is 42.7. The fourth-order valence-electron chi connectivity index (χ4n) is 10.7. The van der Waals surface area contributed by atoms with Gasteiger partial charge in [-0.05, 0) is 130 Å². The molecule has 0 aromatic carbocycles. The molecule has 0 saturated heterocycles. The highest BCUT2D eigenvalue weighted by molar-refractivity contribution is 5.88. The van der Waals surface area contributed by atoms with Crippen molar-refractivity contribution in [1.82, 2.24) is 5.32 Å². The Labute approximate surface area is 325 Å². The molecule has 14 nitrogen and oxygen atoms in total. The molecule has 0 bridgehead atoms. The van der Waals surface area contributed by atoms with Crippen LogP contribution in [0.25, 0.3) is 0 Å². The Hall–Kier alpha value is -3.13. The van der Waals surface area contributed by atoms with Gasteiger partial charge < -0.3 is 49.6 Å². The Morgan fingerprint density at radius 3 is 2.06 bits per heavy atom. The second-order valence-corrected chi connectivity index (χ2v) is 16.6. The monoisotopic (exact) mass is 764 g/mol. The zero-order valence-corrected chi connectivity index (χ0v) is 34.4. The molecule has 0 radical (unpaired) electrons. The Bertz CT molecular complexity index is 1240. The van der Waals surface area contributed by atoms with Gasteiger partial charge in [0, 0.05) is 19.5 Å². The number of hydrogen-bond acceptors (Lipinski definition) is 8. The number of fused-ring (bicyclic) bond motifs is 5. The lowest BCUT2D eigenvalue weighted by Crippen LogP contribution is -2.57. The second kappa shape index (κ2) is 22.4. The van der Waals surface area contributed by atoms with E-state index in [4.69, 9.17) is 39.1 Å². The van der Waals surface area contributed by atoms with E-state index in [0.717, 1.165) is 24.7 Å². The van der Waals surface area contributed by atoms with Crippen LogP contribution in [-0.4, -0.2) is 72.7 Å². The maximum Gasteiger partial charge on any atom is 0.305 e. The van der Waals surface area contributed by atoms with Crippen LogP contribution < -0.4 is 39.7 Å². The molecule has 4 fully saturated rings. The summed E-state index contributed by atoms with van der Waals surface area (Å²) in [5.74, 6) is 2.71. The van der Waals surface area contributed by atoms with Crippen molar-refractivity contribution in [3.8, 4) is 0 Å². The van der Waals surface area contributed by atoms with Crippen molar-refractivity contribution in [2.45, 2.75) is 156 Å². The van der Waals surface area contributed by atoms with Crippen LogP contribution in [0.4, 0.5) is 0 Å². The van der Waals surface area contributed by atoms with Gasteiger partial charge >= 0.3 is 5.97 Å². The number of aliphatic hydroxyl groups excluding tert-OH is 1. The van der Waals surface area contributed by atoms with Crippen LogP contribution >= 0.6 is 0 Å². The van der Waals surface area contributed by atoms with Gasteiger partial charge in [0.05, 0.1) is 18.8 Å². The van der Waals surface area contributed by atoms with Crippen molar-refractivity contribution in [3.63, 3.8) is 0 Å². The van der Waals surface area contributed by atoms with Crippen LogP contribution in [0.15, 0.2) is 9.98 Å². The highest BCUT2D eigenvalue weighted by atomic mass is 16.5. The van der Waals surface area contributed by atoms with Crippen LogP contribution in [-0.2, 0) is 19.1 Å². The minimum atomic E-state index is -0.819. The third-order valence-corrected chi connectivity index (χ3v) is 13.4. The first-order valence-electron chi connectivity index (χ1n) is 20.8. The summed E-state index contributed by atoms with van der Waals surface area (Å²) in [5, 5.41) is 13.8. The van der Waals surface area contributed by atoms with Crippen molar-refractivity contribution in [1.29, 1.82) is 0 Å². The molecule has 312 valence electrons. The van der Waals surface area contributed by atoms with Gasteiger partial charge in [-0.25, -0.2) is 0 Å². The lowest BCUT2D eigenvalue weighted by molar-refractivity contribution is -0.164. The molecule has 0 heterocycles. The van der Waals surface area contributed by atoms with E-state index in [1.54, 1.807) is 0 Å². The van der Waals surface area contributed by atoms with E-state index >= 15 is 0 Å². The first-order valence-corrected chi connectivity index (χ1v) is 20.8. The first-order chi connectivity index (χ1) is 25.5. The minimum absolute atomic E-state index is 0.0161. The Balaban J connectivity index is 0.000000368. The molecule has 0 aromatic heterocycles. The maximum atomic E-state index is 11.9. The lowest BCUT2D eigenvalue weighted by atomic mass is 9.44. The van der Waals surface area contributed by atoms with Crippen molar-refractivity contribution in [2.24, 2.45) is 90.7 Å². The molecule has 4 aliphatic carbocycles. The number of esters is 1. The summed E-state index contributed by atoms with van der Waals surface area (Å²) < 4.78 is 5.16. The molecule has 11 atom stereocenters. The van der Waals surface area contributed by atoms with Crippen molar-refractivity contribution in [3.05, 3.63) is 0 Å². The Morgan fingerprint density at radius 2 is 1.46 bits per heavy atom. The SMILES string of the molecule is CC.CCOC(=O)CC[C@@H](C)C1CCC2[C@H]3C(CC[C@@]21C)[C@@]1(C)CCCC[C@H]1C[C@H]3O.NC(=O)[C@H](CCCN=C(N)N)NC(=O)[C@@H](N)CCCN=C(N)N. The number of guanidine groups is 2. The molecule has 0 spiro atoms. The summed E-state index contributed by atoms with van der Waals surface area (Å²) in [7, 11) is 0. The van der Waals surface area contributed by atoms with Crippen molar-refractivity contribution < 1.29 is 24.2 Å². The molecule has 4 aliphatic rings. The zero-order chi connectivity index (χ0) is 40.6. The Kier molecular flexibility index (Phi) is 19.5. The Morgan fingerprint density at radius 1 is 0.852 bits per heavy atom. The number of nitrogens with zero attached hydrogens (tertiary/aromatic N) is 2. The largest absolute Gasteiger partial charge is 0.466 e. The van der Waals surface area contributed by atoms with Gasteiger partial charge in [0.2, 0.25) is 11.8 Å². The number of nitrogens with one attached hydrogen (secondary N) is 1. The lowest BCUT2D eigenvalue weighted by Gasteiger charge is -2.62. The van der Waals surface area contributed by atoms with Gasteiger partial charge in [-0.1, -0.05) is 47.5 Å². The number of carbonyl (C=O) groups is 3. The standard InChI is InChI=1S/C26H44O3.C12H27N9O2.C2H6/c1-5-29-23(28)12-9-17(2)19-10-11-20-24-21(13-15-26(19,20)4)25(3)14-7-6-8-18(25)16-22(24)27;13-7(3-1-5-19-11(15)16)10(23)21-8(9(14)22)4-2-6-20-12(17)18;1-2/h17-22,24,27H,5-16H2,1-4H3;7-8H,1-6,13H2,(H2,14,22)(H,21,23)(H4,15,16,19)(H4,17,18,20);1-2H3/t17-,18+,19?,20?,21?,22-,24+,25+,26-;7-,8-;/m10./s1. The summed E-state index contributed by atoms with van der Waals surface area (Å²) in [6.07, 6.45) is 14.9. The third-order valence-electron chi connectivity index (χ3n) is 13.4. The molecular formula is C40H77N9O5. The highest BCUT2D eigenvalue weighted by Crippen LogP contribution is 2.68. The third kappa shape index (κ3) is 12.7. The molecule has 2 amide bonds. The normalized spacial score (nSPS) is 31.1. The van der Waals surface area contributed by atoms with Gasteiger partial charge in [0.1, 0.15) is 6.04 Å². The number of amides is 2. The molecule has 54 heavy (non-hydrogen) atoms. The van der Waals surface area contributed by atoms with Crippen LogP contribution in [0.1, 0.15) is 138 Å². The average Bonchev–Trinajstić information content (AvgIpc) is 3.48. The predicted molar refractivity (Wildman–Crippen MR) is 217 cm³/mol. The van der Waals surface area contributed by atoms with E-state index in [2.05, 4.69) is 36.1 Å². The quantitative estimate of drug-likeness (QED) is 0.0491. The number of hydrogen-bond donors (Lipinski definition) is 8. The van der Waals surface area contributed by atoms with E-state index in [-0.39, 0.29) is 24.0 Å². The molecule has 4 saturated carbocycles. The molecule has 0 aliphatic heterocycles. The fraction of sp³-hybridized carbons (Fsp3) is 0.875. The molecule has 4 rings (SSSR count). The van der Waals surface area contributed by atoms with E-state index < -0.39 is 23.9 Å². The minimum Gasteiger partial charge on any atom is -0.466 e. The van der Waals surface area contributed by atoms with Crippen molar-refractivity contribution in [2.75, 3.05) is 19.7 Å². The number of rotatable bonds is 16. The van der Waals surface area contributed by atoms with Gasteiger partial charge in [-0.3, -0.25) is 24.4 Å². The van der Waals surface area contributed by atoms with Crippen LogP contribution in [0.3, 0.4) is 0 Å². The van der Waals surface area contributed by atoms with Gasteiger partial charge in [0.15, 0.2) is 11.9 Å². The topological polar surface area (TPSA) is 274 Å². The summed E-state index contributed by atoms with van der Waals surface area (Å²) >= 11 is 0. The van der Waals surface area contributed by atoms with Gasteiger partial charge in [-0.2, -0.15) is 0 Å². The van der Waals surface area contributed by atoms with Crippen molar-refractivity contribution >= 4 is 29.7 Å². The number of aliphatic imine (C=N–C) groups is 2. The molecule has 14 N–H and O–H groups in total.